The fraction of sp³-hybridized carbons (Fsp3) is 0. The van der Waals surface area contributed by atoms with Crippen LogP contribution in [0, 0.1) is 0 Å². The molecule has 0 fully saturated rings. The molecule has 2 aromatic heterocycles. The van der Waals surface area contributed by atoms with Crippen molar-refractivity contribution in [3.05, 3.63) is 176 Å². The van der Waals surface area contributed by atoms with Gasteiger partial charge in [-0.05, 0) is 77.4 Å². The van der Waals surface area contributed by atoms with Crippen LogP contribution < -0.4 is 0 Å². The molecule has 2 heterocycles. The molecule has 0 N–H and O–H groups in total. The van der Waals surface area contributed by atoms with Gasteiger partial charge >= 0.3 is 0 Å². The maximum absolute atomic E-state index is 7.06. The lowest BCUT2D eigenvalue weighted by Gasteiger charge is -2.14. The lowest BCUT2D eigenvalue weighted by Crippen LogP contribution is -2.01. The zero-order valence-electron chi connectivity index (χ0n) is 29.5. The van der Waals surface area contributed by atoms with Gasteiger partial charge in [-0.15, -0.1) is 0 Å². The standard InChI is InChI=1S/C51H29N3O/c1-2-14-30(15-3-1)49-52-50(43-28-31-16-4-6-18-33(31)35-20-8-11-24-39(35)43)54-51(53-49)47-34-19-7-5-17-32(34)29-44-46(47)42-27-26-41-38-23-10-9-21-36(38)37-22-12-13-25-40(37)45(41)48(42)55-44/h1-29H. The van der Waals surface area contributed by atoms with E-state index in [2.05, 4.69) is 158 Å². The van der Waals surface area contributed by atoms with Gasteiger partial charge in [0, 0.05) is 32.8 Å². The fourth-order valence-corrected chi connectivity index (χ4v) is 8.84. The van der Waals surface area contributed by atoms with E-state index in [0.29, 0.717) is 17.5 Å². The summed E-state index contributed by atoms with van der Waals surface area (Å²) in [6.07, 6.45) is 0. The van der Waals surface area contributed by atoms with E-state index in [9.17, 15) is 0 Å². The summed E-state index contributed by atoms with van der Waals surface area (Å²) >= 11 is 0. The smallest absolute Gasteiger partial charge is 0.165 e. The number of rotatable bonds is 3. The Labute approximate surface area is 315 Å². The topological polar surface area (TPSA) is 51.8 Å². The van der Waals surface area contributed by atoms with Crippen LogP contribution in [0.3, 0.4) is 0 Å². The Morgan fingerprint density at radius 1 is 0.327 bits per heavy atom. The van der Waals surface area contributed by atoms with Gasteiger partial charge in [0.25, 0.3) is 0 Å². The van der Waals surface area contributed by atoms with Crippen LogP contribution in [-0.4, -0.2) is 15.0 Å². The monoisotopic (exact) mass is 699 g/mol. The SMILES string of the molecule is c1ccc(-c2nc(-c3cc4ccccc4c4ccccc34)nc(-c3c4ccccc4cc4oc5c(ccc6c7ccccc7c7ccccc7c65)c34)n2)cc1. The molecule has 0 aliphatic rings. The average molecular weight is 700 g/mol. The summed E-state index contributed by atoms with van der Waals surface area (Å²) in [5, 5.41) is 15.8. The first kappa shape index (κ1) is 30.1. The molecular formula is C51H29N3O. The fourth-order valence-electron chi connectivity index (χ4n) is 8.84. The maximum atomic E-state index is 7.06. The number of fused-ring (bicyclic) bond motifs is 14. The minimum absolute atomic E-state index is 0.606. The van der Waals surface area contributed by atoms with E-state index in [0.717, 1.165) is 65.6 Å². The quantitative estimate of drug-likeness (QED) is 0.172. The van der Waals surface area contributed by atoms with Crippen molar-refractivity contribution in [2.45, 2.75) is 0 Å². The van der Waals surface area contributed by atoms with Gasteiger partial charge in [0.15, 0.2) is 17.5 Å². The molecule has 0 aliphatic heterocycles. The average Bonchev–Trinajstić information content (AvgIpc) is 3.63. The van der Waals surface area contributed by atoms with Gasteiger partial charge in [-0.2, -0.15) is 0 Å². The Hall–Kier alpha value is -7.43. The maximum Gasteiger partial charge on any atom is 0.165 e. The Bertz CT molecular complexity index is 3510. The van der Waals surface area contributed by atoms with E-state index in [1.807, 2.05) is 18.2 Å². The van der Waals surface area contributed by atoms with Crippen molar-refractivity contribution >= 4 is 86.6 Å². The number of hydrogen-bond acceptors (Lipinski definition) is 4. The van der Waals surface area contributed by atoms with Crippen molar-refractivity contribution in [2.24, 2.45) is 0 Å². The highest BCUT2D eigenvalue weighted by atomic mass is 16.3. The van der Waals surface area contributed by atoms with Crippen LogP contribution in [0.15, 0.2) is 180 Å². The van der Waals surface area contributed by atoms with E-state index in [1.54, 1.807) is 0 Å². The van der Waals surface area contributed by atoms with E-state index >= 15 is 0 Å². The van der Waals surface area contributed by atoms with Gasteiger partial charge in [-0.3, -0.25) is 0 Å². The molecule has 0 saturated heterocycles. The third-order valence-corrected chi connectivity index (χ3v) is 11.3. The van der Waals surface area contributed by atoms with Crippen LogP contribution in [0.25, 0.3) is 121 Å². The lowest BCUT2D eigenvalue weighted by molar-refractivity contribution is 0.673. The summed E-state index contributed by atoms with van der Waals surface area (Å²) in [5.41, 5.74) is 4.49. The first-order valence-electron chi connectivity index (χ1n) is 18.6. The molecule has 0 aliphatic carbocycles. The van der Waals surface area contributed by atoms with Gasteiger partial charge in [-0.25, -0.2) is 15.0 Å². The van der Waals surface area contributed by atoms with Gasteiger partial charge in [0.2, 0.25) is 0 Å². The van der Waals surface area contributed by atoms with E-state index in [1.165, 1.54) is 37.7 Å². The highest BCUT2D eigenvalue weighted by Crippen LogP contribution is 2.46. The molecule has 12 rings (SSSR count). The normalized spacial score (nSPS) is 12.0. The molecule has 0 spiro atoms. The minimum Gasteiger partial charge on any atom is -0.455 e. The Morgan fingerprint density at radius 2 is 0.818 bits per heavy atom. The number of nitrogens with zero attached hydrogens (tertiary/aromatic N) is 3. The van der Waals surface area contributed by atoms with Crippen molar-refractivity contribution in [1.82, 2.24) is 15.0 Å². The van der Waals surface area contributed by atoms with Crippen molar-refractivity contribution in [3.8, 4) is 34.2 Å². The van der Waals surface area contributed by atoms with Crippen LogP contribution in [0.4, 0.5) is 0 Å². The molecule has 0 unspecified atom stereocenters. The summed E-state index contributed by atoms with van der Waals surface area (Å²) in [6, 6.07) is 61.9. The Kier molecular flexibility index (Phi) is 6.31. The number of furan rings is 1. The molecule has 4 nitrogen and oxygen atoms in total. The molecule has 0 atom stereocenters. The number of benzene rings is 10. The van der Waals surface area contributed by atoms with Crippen molar-refractivity contribution < 1.29 is 4.42 Å². The third-order valence-electron chi connectivity index (χ3n) is 11.3. The molecule has 254 valence electrons. The molecule has 12 aromatic rings. The summed E-state index contributed by atoms with van der Waals surface area (Å²) in [7, 11) is 0. The number of aromatic nitrogens is 3. The second-order valence-corrected chi connectivity index (χ2v) is 14.3. The Balaban J connectivity index is 1.23. The van der Waals surface area contributed by atoms with Crippen LogP contribution in [0.2, 0.25) is 0 Å². The molecule has 55 heavy (non-hydrogen) atoms. The first-order chi connectivity index (χ1) is 27.3. The van der Waals surface area contributed by atoms with Gasteiger partial charge in [-0.1, -0.05) is 158 Å². The zero-order chi connectivity index (χ0) is 36.0. The van der Waals surface area contributed by atoms with E-state index in [4.69, 9.17) is 19.4 Å². The summed E-state index contributed by atoms with van der Waals surface area (Å²) in [4.78, 5) is 16.0. The number of hydrogen-bond donors (Lipinski definition) is 0. The van der Waals surface area contributed by atoms with Crippen molar-refractivity contribution in [2.75, 3.05) is 0 Å². The minimum atomic E-state index is 0.606. The summed E-state index contributed by atoms with van der Waals surface area (Å²) < 4.78 is 7.06. The molecular weight excluding hydrogens is 671 g/mol. The highest BCUT2D eigenvalue weighted by Gasteiger charge is 2.24. The van der Waals surface area contributed by atoms with Crippen LogP contribution in [0.5, 0.6) is 0 Å². The van der Waals surface area contributed by atoms with E-state index in [-0.39, 0.29) is 0 Å². The van der Waals surface area contributed by atoms with Crippen molar-refractivity contribution in [3.63, 3.8) is 0 Å². The third kappa shape index (κ3) is 4.43. The molecule has 4 heteroatoms. The van der Waals surface area contributed by atoms with Crippen LogP contribution in [-0.2, 0) is 0 Å². The van der Waals surface area contributed by atoms with Crippen LogP contribution >= 0.6 is 0 Å². The first-order valence-corrected chi connectivity index (χ1v) is 18.6. The molecule has 0 saturated carbocycles. The predicted octanol–water partition coefficient (Wildman–Crippen LogP) is 13.7. The second-order valence-electron chi connectivity index (χ2n) is 14.3. The Morgan fingerprint density at radius 3 is 1.55 bits per heavy atom. The molecule has 10 aromatic carbocycles. The largest absolute Gasteiger partial charge is 0.455 e. The van der Waals surface area contributed by atoms with E-state index < -0.39 is 0 Å². The predicted molar refractivity (Wildman–Crippen MR) is 228 cm³/mol. The summed E-state index contributed by atoms with van der Waals surface area (Å²) in [6.45, 7) is 0. The molecule has 0 radical (unpaired) electrons. The second kappa shape index (κ2) is 11.5. The lowest BCUT2D eigenvalue weighted by atomic mass is 9.92. The molecule has 0 bridgehead atoms. The van der Waals surface area contributed by atoms with Gasteiger partial charge in [0.1, 0.15) is 11.2 Å². The zero-order valence-corrected chi connectivity index (χ0v) is 29.5. The van der Waals surface area contributed by atoms with Gasteiger partial charge in [0.05, 0.1) is 0 Å². The summed E-state index contributed by atoms with van der Waals surface area (Å²) in [5.74, 6) is 1.85. The highest BCUT2D eigenvalue weighted by molar-refractivity contribution is 6.33. The van der Waals surface area contributed by atoms with Crippen LogP contribution in [0.1, 0.15) is 0 Å². The van der Waals surface area contributed by atoms with Gasteiger partial charge < -0.3 is 4.42 Å². The molecule has 0 amide bonds. The van der Waals surface area contributed by atoms with Crippen molar-refractivity contribution in [1.29, 1.82) is 0 Å².